The Hall–Kier alpha value is -2.09. The monoisotopic (exact) mass is 319 g/mol. The van der Waals surface area contributed by atoms with Gasteiger partial charge in [-0.2, -0.15) is 13.2 Å². The van der Waals surface area contributed by atoms with E-state index in [0.29, 0.717) is 16.8 Å². The molecule has 0 aliphatic heterocycles. The Morgan fingerprint density at radius 3 is 2.45 bits per heavy atom. The summed E-state index contributed by atoms with van der Waals surface area (Å²) in [5.74, 6) is -1.24. The number of aryl methyl sites for hydroxylation is 1. The maximum atomic E-state index is 12.0. The number of rotatable bonds is 5. The van der Waals surface area contributed by atoms with Crippen molar-refractivity contribution in [3.8, 4) is 0 Å². The van der Waals surface area contributed by atoms with E-state index in [4.69, 9.17) is 0 Å². The number of carbonyl (C=O) groups is 2. The summed E-state index contributed by atoms with van der Waals surface area (Å²) in [6, 6.07) is 4.41. The highest BCUT2D eigenvalue weighted by molar-refractivity contribution is 5.96. The molecule has 0 aromatic heterocycles. The number of anilines is 1. The lowest BCUT2D eigenvalue weighted by molar-refractivity contribution is -0.184. The normalized spacial score (nSPS) is 12.6. The van der Waals surface area contributed by atoms with E-state index >= 15 is 0 Å². The van der Waals surface area contributed by atoms with Crippen molar-refractivity contribution in [1.82, 2.24) is 0 Å². The van der Waals surface area contributed by atoms with Crippen LogP contribution in [0.1, 0.15) is 22.8 Å². The Morgan fingerprint density at radius 1 is 1.32 bits per heavy atom. The van der Waals surface area contributed by atoms with Crippen LogP contribution in [-0.4, -0.2) is 37.9 Å². The van der Waals surface area contributed by atoms with Crippen molar-refractivity contribution in [2.45, 2.75) is 26.1 Å². The first kappa shape index (κ1) is 18.0. The summed E-state index contributed by atoms with van der Waals surface area (Å²) in [5, 5.41) is 2.45. The molecule has 0 spiro atoms. The number of nitrogens with one attached hydrogen (secondary N) is 1. The van der Waals surface area contributed by atoms with E-state index in [2.05, 4.69) is 14.8 Å². The number of ether oxygens (including phenoxy) is 2. The van der Waals surface area contributed by atoms with Crippen LogP contribution in [-0.2, 0) is 14.3 Å². The predicted octanol–water partition coefficient (Wildman–Crippen LogP) is 2.69. The first-order chi connectivity index (χ1) is 10.1. The van der Waals surface area contributed by atoms with Crippen LogP contribution < -0.4 is 5.32 Å². The Balaban J connectivity index is 2.70. The number of carbonyl (C=O) groups excluding carboxylic acids is 2. The second-order valence-corrected chi connectivity index (χ2v) is 4.58. The molecular weight excluding hydrogens is 303 g/mol. The van der Waals surface area contributed by atoms with Crippen LogP contribution in [0.15, 0.2) is 18.2 Å². The molecule has 0 saturated carbocycles. The lowest BCUT2D eigenvalue weighted by Gasteiger charge is -2.16. The zero-order valence-corrected chi connectivity index (χ0v) is 12.3. The molecular formula is C14H16F3NO4. The lowest BCUT2D eigenvalue weighted by Crippen LogP contribution is -2.31. The number of halogens is 3. The molecule has 0 radical (unpaired) electrons. The first-order valence-electron chi connectivity index (χ1n) is 6.32. The van der Waals surface area contributed by atoms with Crippen LogP contribution in [0.5, 0.6) is 0 Å². The van der Waals surface area contributed by atoms with Gasteiger partial charge in [0.05, 0.1) is 12.7 Å². The van der Waals surface area contributed by atoms with Crippen molar-refractivity contribution >= 4 is 17.6 Å². The molecule has 1 rings (SSSR count). The zero-order chi connectivity index (χ0) is 16.9. The number of alkyl halides is 3. The number of methoxy groups -OCH3 is 1. The summed E-state index contributed by atoms with van der Waals surface area (Å²) in [6.45, 7) is 1.37. The molecule has 0 fully saturated rings. The van der Waals surface area contributed by atoms with Gasteiger partial charge in [0.1, 0.15) is 12.7 Å². The third kappa shape index (κ3) is 5.36. The summed E-state index contributed by atoms with van der Waals surface area (Å²) < 4.78 is 45.1. The first-order valence-corrected chi connectivity index (χ1v) is 6.32. The van der Waals surface area contributed by atoms with Gasteiger partial charge in [0.2, 0.25) is 0 Å². The molecule has 1 unspecified atom stereocenters. The largest absolute Gasteiger partial charge is 0.465 e. The molecule has 5 nitrogen and oxygen atoms in total. The molecule has 1 atom stereocenters. The minimum Gasteiger partial charge on any atom is -0.465 e. The molecule has 122 valence electrons. The maximum absolute atomic E-state index is 12.0. The molecule has 0 saturated heterocycles. The average molecular weight is 319 g/mol. The highest BCUT2D eigenvalue weighted by Gasteiger charge is 2.30. The molecule has 8 heteroatoms. The number of amides is 1. The molecule has 1 aromatic rings. The fourth-order valence-electron chi connectivity index (χ4n) is 1.58. The minimum atomic E-state index is -4.49. The van der Waals surface area contributed by atoms with E-state index in [1.807, 2.05) is 0 Å². The fourth-order valence-corrected chi connectivity index (χ4v) is 1.58. The second-order valence-electron chi connectivity index (χ2n) is 4.58. The van der Waals surface area contributed by atoms with Gasteiger partial charge >= 0.3 is 12.1 Å². The summed E-state index contributed by atoms with van der Waals surface area (Å²) in [4.78, 5) is 23.1. The quantitative estimate of drug-likeness (QED) is 0.848. The van der Waals surface area contributed by atoms with Gasteiger partial charge in [-0.15, -0.1) is 0 Å². The summed E-state index contributed by atoms with van der Waals surface area (Å²) in [7, 11) is 1.24. The lowest BCUT2D eigenvalue weighted by atomic mass is 10.1. The Bertz CT molecular complexity index is 558. The highest BCUT2D eigenvalue weighted by Crippen LogP contribution is 2.19. The number of hydrogen-bond donors (Lipinski definition) is 1. The van der Waals surface area contributed by atoms with Crippen LogP contribution in [0, 0.1) is 6.92 Å². The molecule has 1 amide bonds. The van der Waals surface area contributed by atoms with Crippen LogP contribution in [0.3, 0.4) is 0 Å². The van der Waals surface area contributed by atoms with Crippen molar-refractivity contribution in [2.24, 2.45) is 0 Å². The van der Waals surface area contributed by atoms with Gasteiger partial charge < -0.3 is 14.8 Å². The number of hydrogen-bond acceptors (Lipinski definition) is 4. The van der Waals surface area contributed by atoms with Crippen LogP contribution in [0.4, 0.5) is 18.9 Å². The van der Waals surface area contributed by atoms with E-state index in [1.54, 1.807) is 6.92 Å². The topological polar surface area (TPSA) is 64.6 Å². The standard InChI is InChI=1S/C14H16F3NO4/c1-8-6-10(13(20)21-3)4-5-11(8)18-12(19)9(2)22-7-14(15,16)17/h4-6,9H,7H2,1-3H3,(H,18,19). The molecule has 0 aliphatic rings. The molecule has 22 heavy (non-hydrogen) atoms. The van der Waals surface area contributed by atoms with Crippen molar-refractivity contribution in [3.63, 3.8) is 0 Å². The zero-order valence-electron chi connectivity index (χ0n) is 12.3. The Labute approximate surface area is 125 Å². The molecule has 1 aromatic carbocycles. The predicted molar refractivity (Wildman–Crippen MR) is 72.6 cm³/mol. The molecule has 0 bridgehead atoms. The number of esters is 1. The fraction of sp³-hybridized carbons (Fsp3) is 0.429. The van der Waals surface area contributed by atoms with Crippen molar-refractivity contribution < 1.29 is 32.2 Å². The second kappa shape index (κ2) is 7.26. The van der Waals surface area contributed by atoms with E-state index < -0.39 is 30.8 Å². The van der Waals surface area contributed by atoms with Crippen LogP contribution in [0.2, 0.25) is 0 Å². The van der Waals surface area contributed by atoms with E-state index in [-0.39, 0.29) is 0 Å². The van der Waals surface area contributed by atoms with Crippen molar-refractivity contribution in [3.05, 3.63) is 29.3 Å². The average Bonchev–Trinajstić information content (AvgIpc) is 2.45. The van der Waals surface area contributed by atoms with Crippen molar-refractivity contribution in [2.75, 3.05) is 19.0 Å². The van der Waals surface area contributed by atoms with E-state index in [1.165, 1.54) is 32.2 Å². The minimum absolute atomic E-state index is 0.305. The summed E-state index contributed by atoms with van der Waals surface area (Å²) in [6.07, 6.45) is -5.76. The van der Waals surface area contributed by atoms with Gasteiger partial charge in [0.25, 0.3) is 5.91 Å². The Kier molecular flexibility index (Phi) is 5.92. The van der Waals surface area contributed by atoms with Gasteiger partial charge in [0.15, 0.2) is 0 Å². The molecule has 1 N–H and O–H groups in total. The number of benzene rings is 1. The smallest absolute Gasteiger partial charge is 0.411 e. The maximum Gasteiger partial charge on any atom is 0.411 e. The summed E-state index contributed by atoms with van der Waals surface area (Å²) in [5.41, 5.74) is 1.25. The third-order valence-electron chi connectivity index (χ3n) is 2.77. The molecule has 0 heterocycles. The van der Waals surface area contributed by atoms with E-state index in [0.717, 1.165) is 0 Å². The van der Waals surface area contributed by atoms with Gasteiger partial charge in [-0.1, -0.05) is 0 Å². The van der Waals surface area contributed by atoms with Gasteiger partial charge in [0, 0.05) is 5.69 Å². The SMILES string of the molecule is COC(=O)c1ccc(NC(=O)C(C)OCC(F)(F)F)c(C)c1. The molecule has 0 aliphatic carbocycles. The van der Waals surface area contributed by atoms with Crippen LogP contribution >= 0.6 is 0 Å². The highest BCUT2D eigenvalue weighted by atomic mass is 19.4. The Morgan fingerprint density at radius 2 is 1.95 bits per heavy atom. The van der Waals surface area contributed by atoms with Gasteiger partial charge in [-0.25, -0.2) is 4.79 Å². The van der Waals surface area contributed by atoms with Gasteiger partial charge in [-0.05, 0) is 37.6 Å². The van der Waals surface area contributed by atoms with E-state index in [9.17, 15) is 22.8 Å². The third-order valence-corrected chi connectivity index (χ3v) is 2.77. The van der Waals surface area contributed by atoms with Crippen LogP contribution in [0.25, 0.3) is 0 Å². The van der Waals surface area contributed by atoms with Crippen molar-refractivity contribution in [1.29, 1.82) is 0 Å². The van der Waals surface area contributed by atoms with Gasteiger partial charge in [-0.3, -0.25) is 4.79 Å². The summed E-state index contributed by atoms with van der Waals surface area (Å²) >= 11 is 0.